The first kappa shape index (κ1) is 16.1. The van der Waals surface area contributed by atoms with Crippen LogP contribution >= 0.6 is 11.8 Å². The average Bonchev–Trinajstić information content (AvgIpc) is 2.51. The number of carbonyl (C=O) groups excluding carboxylic acids is 1. The van der Waals surface area contributed by atoms with E-state index in [1.165, 1.54) is 16.0 Å². The molecule has 112 valence electrons. The highest BCUT2D eigenvalue weighted by Crippen LogP contribution is 2.24. The number of para-hydroxylation sites is 1. The number of nitrogens with zero attached hydrogens (tertiary/aromatic N) is 1. The highest BCUT2D eigenvalue weighted by Gasteiger charge is 2.07. The van der Waals surface area contributed by atoms with E-state index in [2.05, 4.69) is 43.4 Å². The van der Waals surface area contributed by atoms with E-state index in [4.69, 9.17) is 5.26 Å². The lowest BCUT2D eigenvalue weighted by Crippen LogP contribution is -2.13. The summed E-state index contributed by atoms with van der Waals surface area (Å²) in [6.07, 6.45) is 0.414. The lowest BCUT2D eigenvalue weighted by molar-refractivity contribution is -0.115. The molecular weight excluding hydrogens is 292 g/mol. The first-order valence-electron chi connectivity index (χ1n) is 7.09. The van der Waals surface area contributed by atoms with Gasteiger partial charge in [0.1, 0.15) is 6.07 Å². The van der Waals surface area contributed by atoms with Crippen molar-refractivity contribution in [2.45, 2.75) is 25.2 Å². The molecule has 2 aromatic rings. The van der Waals surface area contributed by atoms with Crippen molar-refractivity contribution in [1.29, 1.82) is 5.26 Å². The van der Waals surface area contributed by atoms with E-state index in [1.807, 2.05) is 0 Å². The van der Waals surface area contributed by atoms with Gasteiger partial charge >= 0.3 is 0 Å². The van der Waals surface area contributed by atoms with Crippen LogP contribution in [0.15, 0.2) is 47.4 Å². The highest BCUT2D eigenvalue weighted by atomic mass is 32.2. The summed E-state index contributed by atoms with van der Waals surface area (Å²) in [6.45, 7) is 4.14. The zero-order valence-electron chi connectivity index (χ0n) is 12.7. The summed E-state index contributed by atoms with van der Waals surface area (Å²) in [5.41, 5.74) is 3.51. The van der Waals surface area contributed by atoms with E-state index in [-0.39, 0.29) is 5.91 Å². The van der Waals surface area contributed by atoms with Gasteiger partial charge < -0.3 is 5.32 Å². The number of amides is 1. The van der Waals surface area contributed by atoms with E-state index in [9.17, 15) is 4.79 Å². The molecule has 22 heavy (non-hydrogen) atoms. The predicted molar refractivity (Wildman–Crippen MR) is 91.0 cm³/mol. The lowest BCUT2D eigenvalue weighted by atomic mass is 10.2. The van der Waals surface area contributed by atoms with Gasteiger partial charge in [-0.3, -0.25) is 4.79 Å². The molecule has 1 N–H and O–H groups in total. The molecule has 0 radical (unpaired) electrons. The van der Waals surface area contributed by atoms with Crippen LogP contribution in [0, 0.1) is 25.2 Å². The molecule has 0 saturated heterocycles. The number of nitrogens with one attached hydrogen (secondary N) is 1. The van der Waals surface area contributed by atoms with Crippen LogP contribution in [-0.4, -0.2) is 11.7 Å². The first-order valence-corrected chi connectivity index (χ1v) is 8.08. The molecule has 0 aliphatic rings. The molecular formula is C18H18N2OS. The Labute approximate surface area is 135 Å². The second-order valence-electron chi connectivity index (χ2n) is 5.07. The van der Waals surface area contributed by atoms with Crippen molar-refractivity contribution < 1.29 is 4.79 Å². The number of nitriles is 1. The van der Waals surface area contributed by atoms with Crippen molar-refractivity contribution in [2.75, 3.05) is 11.1 Å². The summed E-state index contributed by atoms with van der Waals surface area (Å²) in [4.78, 5) is 13.2. The standard InChI is InChI=1S/C18H18N2OS/c1-13-7-8-14(2)17(11-13)22-10-9-18(21)20-16-6-4-3-5-15(16)12-19/h3-8,11H,9-10H2,1-2H3,(H,20,21). The molecule has 0 saturated carbocycles. The Morgan fingerprint density at radius 1 is 1.23 bits per heavy atom. The zero-order valence-corrected chi connectivity index (χ0v) is 13.5. The van der Waals surface area contributed by atoms with Gasteiger partial charge in [0, 0.05) is 17.1 Å². The second-order valence-corrected chi connectivity index (χ2v) is 6.21. The number of anilines is 1. The Morgan fingerprint density at radius 2 is 2.00 bits per heavy atom. The van der Waals surface area contributed by atoms with Gasteiger partial charge in [0.2, 0.25) is 5.91 Å². The quantitative estimate of drug-likeness (QED) is 0.838. The van der Waals surface area contributed by atoms with Crippen molar-refractivity contribution in [2.24, 2.45) is 0 Å². The molecule has 1 amide bonds. The third-order valence-electron chi connectivity index (χ3n) is 3.25. The fraction of sp³-hybridized carbons (Fsp3) is 0.222. The van der Waals surface area contributed by atoms with Crippen LogP contribution in [0.25, 0.3) is 0 Å². The molecule has 0 heterocycles. The third kappa shape index (κ3) is 4.37. The van der Waals surface area contributed by atoms with Gasteiger partial charge in [0.15, 0.2) is 0 Å². The largest absolute Gasteiger partial charge is 0.325 e. The second kappa shape index (κ2) is 7.67. The third-order valence-corrected chi connectivity index (χ3v) is 4.41. The van der Waals surface area contributed by atoms with Crippen LogP contribution in [-0.2, 0) is 4.79 Å². The van der Waals surface area contributed by atoms with E-state index in [0.29, 0.717) is 23.4 Å². The molecule has 0 aromatic heterocycles. The summed E-state index contributed by atoms with van der Waals surface area (Å²) in [7, 11) is 0. The highest BCUT2D eigenvalue weighted by molar-refractivity contribution is 7.99. The maximum absolute atomic E-state index is 12.0. The predicted octanol–water partition coefficient (Wildman–Crippen LogP) is 4.30. The van der Waals surface area contributed by atoms with Gasteiger partial charge in [0.05, 0.1) is 11.3 Å². The number of carbonyl (C=O) groups is 1. The summed E-state index contributed by atoms with van der Waals surface area (Å²) in [5.74, 6) is 0.644. The van der Waals surface area contributed by atoms with Crippen molar-refractivity contribution in [3.8, 4) is 6.07 Å². The van der Waals surface area contributed by atoms with Crippen LogP contribution < -0.4 is 5.32 Å². The minimum absolute atomic E-state index is 0.0690. The normalized spacial score (nSPS) is 10.0. The van der Waals surface area contributed by atoms with Gasteiger partial charge in [-0.15, -0.1) is 11.8 Å². The van der Waals surface area contributed by atoms with Gasteiger partial charge in [-0.25, -0.2) is 0 Å². The maximum atomic E-state index is 12.0. The maximum Gasteiger partial charge on any atom is 0.225 e. The van der Waals surface area contributed by atoms with Crippen molar-refractivity contribution in [1.82, 2.24) is 0 Å². The van der Waals surface area contributed by atoms with Gasteiger partial charge in [-0.2, -0.15) is 5.26 Å². The summed E-state index contributed by atoms with van der Waals surface area (Å²) in [5, 5.41) is 11.8. The zero-order chi connectivity index (χ0) is 15.9. The Morgan fingerprint density at radius 3 is 2.77 bits per heavy atom. The smallest absolute Gasteiger partial charge is 0.225 e. The molecule has 2 rings (SSSR count). The fourth-order valence-corrected chi connectivity index (χ4v) is 3.09. The van der Waals surface area contributed by atoms with Crippen LogP contribution in [0.5, 0.6) is 0 Å². The molecule has 3 nitrogen and oxygen atoms in total. The topological polar surface area (TPSA) is 52.9 Å². The average molecular weight is 310 g/mol. The lowest BCUT2D eigenvalue weighted by Gasteiger charge is -2.08. The molecule has 0 bridgehead atoms. The van der Waals surface area contributed by atoms with Crippen molar-refractivity contribution >= 4 is 23.4 Å². The monoisotopic (exact) mass is 310 g/mol. The van der Waals surface area contributed by atoms with Crippen LogP contribution in [0.3, 0.4) is 0 Å². The fourth-order valence-electron chi connectivity index (χ4n) is 2.02. The summed E-state index contributed by atoms with van der Waals surface area (Å²) >= 11 is 1.68. The summed E-state index contributed by atoms with van der Waals surface area (Å²) < 4.78 is 0. The van der Waals surface area contributed by atoms with E-state index in [1.54, 1.807) is 36.0 Å². The Hall–Kier alpha value is -2.25. The van der Waals surface area contributed by atoms with Crippen LogP contribution in [0.4, 0.5) is 5.69 Å². The number of thioether (sulfide) groups is 1. The van der Waals surface area contributed by atoms with E-state index in [0.717, 1.165) is 0 Å². The van der Waals surface area contributed by atoms with Crippen molar-refractivity contribution in [3.63, 3.8) is 0 Å². The van der Waals surface area contributed by atoms with Crippen LogP contribution in [0.1, 0.15) is 23.1 Å². The Bertz CT molecular complexity index is 719. The minimum Gasteiger partial charge on any atom is -0.325 e. The van der Waals surface area contributed by atoms with Crippen LogP contribution in [0.2, 0.25) is 0 Å². The van der Waals surface area contributed by atoms with E-state index < -0.39 is 0 Å². The molecule has 0 aliphatic carbocycles. The first-order chi connectivity index (χ1) is 10.6. The van der Waals surface area contributed by atoms with Gasteiger partial charge in [-0.1, -0.05) is 29.8 Å². The molecule has 0 atom stereocenters. The molecule has 0 aliphatic heterocycles. The van der Waals surface area contributed by atoms with Gasteiger partial charge in [0.25, 0.3) is 0 Å². The number of hydrogen-bond donors (Lipinski definition) is 1. The summed E-state index contributed by atoms with van der Waals surface area (Å²) in [6, 6.07) is 15.4. The number of benzene rings is 2. The Kier molecular flexibility index (Phi) is 5.62. The molecule has 4 heteroatoms. The van der Waals surface area contributed by atoms with Crippen molar-refractivity contribution in [3.05, 3.63) is 59.2 Å². The molecule has 0 spiro atoms. The number of hydrogen-bond acceptors (Lipinski definition) is 3. The van der Waals surface area contributed by atoms with Gasteiger partial charge in [-0.05, 0) is 37.6 Å². The minimum atomic E-state index is -0.0690. The Balaban J connectivity index is 1.88. The number of rotatable bonds is 5. The van der Waals surface area contributed by atoms with E-state index >= 15 is 0 Å². The SMILES string of the molecule is Cc1ccc(C)c(SCCC(=O)Nc2ccccc2C#N)c1. The number of aryl methyl sites for hydroxylation is 2. The molecule has 0 fully saturated rings. The molecule has 2 aromatic carbocycles. The molecule has 0 unspecified atom stereocenters.